The smallest absolute Gasteiger partial charge is 0.220 e. The van der Waals surface area contributed by atoms with Gasteiger partial charge in [-0.3, -0.25) is 4.79 Å². The van der Waals surface area contributed by atoms with Crippen molar-refractivity contribution in [2.24, 2.45) is 7.05 Å². The second-order valence-corrected chi connectivity index (χ2v) is 6.89. The minimum absolute atomic E-state index is 0.0673. The van der Waals surface area contributed by atoms with Crippen LogP contribution in [0.5, 0.6) is 5.75 Å². The molecule has 2 aromatic carbocycles. The number of aromatic nitrogens is 1. The number of hydrogen-bond acceptors (Lipinski definition) is 2. The number of benzene rings is 2. The van der Waals surface area contributed by atoms with Crippen molar-refractivity contribution >= 4 is 16.8 Å². The summed E-state index contributed by atoms with van der Waals surface area (Å²) in [6.45, 7) is 4.72. The molecule has 26 heavy (non-hydrogen) atoms. The molecule has 0 aliphatic heterocycles. The molecule has 1 amide bonds. The molecule has 1 aromatic heterocycles. The molecule has 1 unspecified atom stereocenters. The van der Waals surface area contributed by atoms with E-state index in [4.69, 9.17) is 4.74 Å². The molecule has 3 aromatic rings. The number of rotatable bonds is 6. The largest absolute Gasteiger partial charge is 0.497 e. The summed E-state index contributed by atoms with van der Waals surface area (Å²) in [4.78, 5) is 12.3. The van der Waals surface area contributed by atoms with Crippen molar-refractivity contribution < 1.29 is 9.53 Å². The summed E-state index contributed by atoms with van der Waals surface area (Å²) in [6.07, 6.45) is 0.471. The second-order valence-electron chi connectivity index (χ2n) is 6.89. The number of aryl methyl sites for hydroxylation is 2. The number of methoxy groups -OCH3 is 1. The lowest BCUT2D eigenvalue weighted by molar-refractivity contribution is -0.121. The monoisotopic (exact) mass is 350 g/mol. The molecule has 1 heterocycles. The van der Waals surface area contributed by atoms with Gasteiger partial charge in [0.15, 0.2) is 0 Å². The van der Waals surface area contributed by atoms with Gasteiger partial charge in [0, 0.05) is 36.6 Å². The van der Waals surface area contributed by atoms with E-state index < -0.39 is 0 Å². The Morgan fingerprint density at radius 2 is 1.88 bits per heavy atom. The van der Waals surface area contributed by atoms with Crippen molar-refractivity contribution in [3.8, 4) is 5.75 Å². The third-order valence-corrected chi connectivity index (χ3v) is 5.01. The standard InChI is InChI=1S/C22H26N2O2/c1-15(18-6-8-20(26-4)9-7-18)11-22(25)23-14-17-5-10-21-19(13-17)12-16(2)24(21)3/h5-10,12-13,15H,11,14H2,1-4H3,(H,23,25). The van der Waals surface area contributed by atoms with Crippen LogP contribution < -0.4 is 10.1 Å². The molecular weight excluding hydrogens is 324 g/mol. The van der Waals surface area contributed by atoms with Crippen LogP contribution in [0.4, 0.5) is 0 Å². The van der Waals surface area contributed by atoms with Crippen molar-refractivity contribution in [1.82, 2.24) is 9.88 Å². The quantitative estimate of drug-likeness (QED) is 0.720. The van der Waals surface area contributed by atoms with Gasteiger partial charge in [-0.05, 0) is 54.3 Å². The molecule has 0 fully saturated rings. The minimum Gasteiger partial charge on any atom is -0.497 e. The summed E-state index contributed by atoms with van der Waals surface area (Å²) < 4.78 is 7.35. The molecule has 4 nitrogen and oxygen atoms in total. The number of carbonyl (C=O) groups is 1. The van der Waals surface area contributed by atoms with E-state index in [1.807, 2.05) is 24.3 Å². The molecule has 0 saturated carbocycles. The van der Waals surface area contributed by atoms with E-state index in [0.717, 1.165) is 16.9 Å². The van der Waals surface area contributed by atoms with Gasteiger partial charge < -0.3 is 14.6 Å². The fourth-order valence-corrected chi connectivity index (χ4v) is 3.25. The Bertz CT molecular complexity index is 910. The van der Waals surface area contributed by atoms with Crippen LogP contribution >= 0.6 is 0 Å². The van der Waals surface area contributed by atoms with Gasteiger partial charge in [0.05, 0.1) is 7.11 Å². The highest BCUT2D eigenvalue weighted by Gasteiger charge is 2.11. The van der Waals surface area contributed by atoms with E-state index in [9.17, 15) is 4.79 Å². The second kappa shape index (κ2) is 7.65. The van der Waals surface area contributed by atoms with Crippen molar-refractivity contribution in [2.45, 2.75) is 32.7 Å². The van der Waals surface area contributed by atoms with Gasteiger partial charge in [0.1, 0.15) is 5.75 Å². The van der Waals surface area contributed by atoms with Crippen molar-refractivity contribution in [1.29, 1.82) is 0 Å². The Balaban J connectivity index is 1.57. The van der Waals surface area contributed by atoms with E-state index in [1.54, 1.807) is 7.11 Å². The normalized spacial score (nSPS) is 12.2. The molecule has 0 radical (unpaired) electrons. The first-order chi connectivity index (χ1) is 12.5. The van der Waals surface area contributed by atoms with Crippen LogP contribution in [0.2, 0.25) is 0 Å². The van der Waals surface area contributed by atoms with Gasteiger partial charge in [0.2, 0.25) is 5.91 Å². The summed E-state index contributed by atoms with van der Waals surface area (Å²) in [5.74, 6) is 1.06. The zero-order chi connectivity index (χ0) is 18.7. The molecule has 1 N–H and O–H groups in total. The fraction of sp³-hybridized carbons (Fsp3) is 0.318. The van der Waals surface area contributed by atoms with E-state index in [1.165, 1.54) is 16.6 Å². The SMILES string of the molecule is COc1ccc(C(C)CC(=O)NCc2ccc3c(c2)cc(C)n3C)cc1. The van der Waals surface area contributed by atoms with Crippen LogP contribution in [0.1, 0.15) is 36.1 Å². The number of ether oxygens (including phenoxy) is 1. The molecule has 3 rings (SSSR count). The number of fused-ring (bicyclic) bond motifs is 1. The third-order valence-electron chi connectivity index (χ3n) is 5.01. The number of amides is 1. The average molecular weight is 350 g/mol. The maximum absolute atomic E-state index is 12.3. The maximum atomic E-state index is 12.3. The van der Waals surface area contributed by atoms with Crippen LogP contribution in [0.25, 0.3) is 10.9 Å². The lowest BCUT2D eigenvalue weighted by Gasteiger charge is -2.13. The number of hydrogen-bond donors (Lipinski definition) is 1. The summed E-state index contributed by atoms with van der Waals surface area (Å²) in [5, 5.41) is 4.25. The maximum Gasteiger partial charge on any atom is 0.220 e. The third kappa shape index (κ3) is 3.90. The lowest BCUT2D eigenvalue weighted by atomic mass is 9.97. The Morgan fingerprint density at radius 3 is 2.58 bits per heavy atom. The highest BCUT2D eigenvalue weighted by molar-refractivity contribution is 5.82. The number of nitrogens with one attached hydrogen (secondary N) is 1. The first-order valence-electron chi connectivity index (χ1n) is 8.93. The van der Waals surface area contributed by atoms with Crippen molar-refractivity contribution in [2.75, 3.05) is 7.11 Å². The Morgan fingerprint density at radius 1 is 1.15 bits per heavy atom. The van der Waals surface area contributed by atoms with Crippen molar-refractivity contribution in [3.63, 3.8) is 0 Å². The van der Waals surface area contributed by atoms with E-state index >= 15 is 0 Å². The van der Waals surface area contributed by atoms with Crippen LogP contribution in [0, 0.1) is 6.92 Å². The molecule has 0 aliphatic rings. The molecule has 0 saturated heterocycles. The van der Waals surface area contributed by atoms with E-state index in [-0.39, 0.29) is 11.8 Å². The predicted octanol–water partition coefficient (Wildman–Crippen LogP) is 4.31. The topological polar surface area (TPSA) is 43.3 Å². The van der Waals surface area contributed by atoms with Gasteiger partial charge >= 0.3 is 0 Å². The van der Waals surface area contributed by atoms with Crippen LogP contribution in [-0.2, 0) is 18.4 Å². The highest BCUT2D eigenvalue weighted by Crippen LogP contribution is 2.22. The Hall–Kier alpha value is -2.75. The van der Waals surface area contributed by atoms with Gasteiger partial charge in [-0.1, -0.05) is 25.1 Å². The summed E-state index contributed by atoms with van der Waals surface area (Å²) in [7, 11) is 3.72. The Kier molecular flexibility index (Phi) is 5.31. The molecule has 1 atom stereocenters. The summed E-state index contributed by atoms with van der Waals surface area (Å²) >= 11 is 0. The van der Waals surface area contributed by atoms with Crippen molar-refractivity contribution in [3.05, 3.63) is 65.4 Å². The molecule has 0 aliphatic carbocycles. The summed E-state index contributed by atoms with van der Waals surface area (Å²) in [6, 6.07) is 16.4. The number of carbonyl (C=O) groups excluding carboxylic acids is 1. The van der Waals surface area contributed by atoms with Gasteiger partial charge in [-0.2, -0.15) is 0 Å². The molecule has 0 bridgehead atoms. The van der Waals surface area contributed by atoms with E-state index in [2.05, 4.69) is 55.0 Å². The lowest BCUT2D eigenvalue weighted by Crippen LogP contribution is -2.24. The molecule has 136 valence electrons. The van der Waals surface area contributed by atoms with Crippen LogP contribution in [0.15, 0.2) is 48.5 Å². The molecular formula is C22H26N2O2. The molecule has 0 spiro atoms. The van der Waals surface area contributed by atoms with Gasteiger partial charge in [-0.15, -0.1) is 0 Å². The average Bonchev–Trinajstić information content (AvgIpc) is 2.93. The predicted molar refractivity (Wildman–Crippen MR) is 106 cm³/mol. The zero-order valence-corrected chi connectivity index (χ0v) is 15.9. The first-order valence-corrected chi connectivity index (χ1v) is 8.93. The molecule has 4 heteroatoms. The minimum atomic E-state index is 0.0673. The van der Waals surface area contributed by atoms with Gasteiger partial charge in [-0.25, -0.2) is 0 Å². The highest BCUT2D eigenvalue weighted by atomic mass is 16.5. The van der Waals surface area contributed by atoms with Crippen LogP contribution in [-0.4, -0.2) is 17.6 Å². The summed E-state index contributed by atoms with van der Waals surface area (Å²) in [5.41, 5.74) is 4.70. The fourth-order valence-electron chi connectivity index (χ4n) is 3.25. The van der Waals surface area contributed by atoms with E-state index in [0.29, 0.717) is 13.0 Å². The zero-order valence-electron chi connectivity index (χ0n) is 15.9. The Labute approximate surface area is 154 Å². The first kappa shape index (κ1) is 18.1. The van der Waals surface area contributed by atoms with Crippen LogP contribution in [0.3, 0.4) is 0 Å². The van der Waals surface area contributed by atoms with Gasteiger partial charge in [0.25, 0.3) is 0 Å². The number of nitrogens with zero attached hydrogens (tertiary/aromatic N) is 1.